The van der Waals surface area contributed by atoms with Gasteiger partial charge in [-0.25, -0.2) is 4.79 Å². The van der Waals surface area contributed by atoms with E-state index in [1.54, 1.807) is 38.1 Å². The molecule has 0 amide bonds. The SMILES string of the molecule is CC(C)OC(=O)C(=[N+]=[N-])c1ccc(Br)cc1. The van der Waals surface area contributed by atoms with Gasteiger partial charge >= 0.3 is 11.7 Å². The van der Waals surface area contributed by atoms with Crippen LogP contribution in [0.15, 0.2) is 28.7 Å². The summed E-state index contributed by atoms with van der Waals surface area (Å²) in [4.78, 5) is 14.5. The summed E-state index contributed by atoms with van der Waals surface area (Å²) in [5.74, 6) is -0.639. The van der Waals surface area contributed by atoms with Crippen LogP contribution in [0.5, 0.6) is 0 Å². The summed E-state index contributed by atoms with van der Waals surface area (Å²) in [6.45, 7) is 3.46. The van der Waals surface area contributed by atoms with Gasteiger partial charge in [0.15, 0.2) is 0 Å². The van der Waals surface area contributed by atoms with E-state index in [-0.39, 0.29) is 11.8 Å². The number of hydrogen-bond donors (Lipinski definition) is 0. The van der Waals surface area contributed by atoms with E-state index in [1.165, 1.54) is 0 Å². The smallest absolute Gasteiger partial charge is 0.422 e. The van der Waals surface area contributed by atoms with Crippen LogP contribution in [0, 0.1) is 0 Å². The zero-order valence-electron chi connectivity index (χ0n) is 8.98. The molecule has 0 aliphatic heterocycles. The summed E-state index contributed by atoms with van der Waals surface area (Å²) in [7, 11) is 0. The monoisotopic (exact) mass is 282 g/mol. The maximum atomic E-state index is 11.5. The first-order valence-electron chi connectivity index (χ1n) is 4.73. The molecular weight excluding hydrogens is 272 g/mol. The Balaban J connectivity index is 2.96. The average molecular weight is 283 g/mol. The molecule has 0 N–H and O–H groups in total. The zero-order chi connectivity index (χ0) is 12.1. The van der Waals surface area contributed by atoms with Gasteiger partial charge in [-0.15, -0.1) is 0 Å². The molecule has 0 aliphatic rings. The fraction of sp³-hybridized carbons (Fsp3) is 0.273. The van der Waals surface area contributed by atoms with Crippen molar-refractivity contribution in [1.29, 1.82) is 0 Å². The number of rotatable bonds is 3. The quantitative estimate of drug-likeness (QED) is 0.370. The first kappa shape index (κ1) is 12.6. The normalized spacial score (nSPS) is 9.75. The van der Waals surface area contributed by atoms with Crippen LogP contribution in [0.1, 0.15) is 19.4 Å². The summed E-state index contributed by atoms with van der Waals surface area (Å²) in [6, 6.07) is 6.84. The molecule has 0 bridgehead atoms. The van der Waals surface area contributed by atoms with Gasteiger partial charge < -0.3 is 10.3 Å². The highest BCUT2D eigenvalue weighted by atomic mass is 79.9. The number of hydrogen-bond acceptors (Lipinski definition) is 2. The van der Waals surface area contributed by atoms with Crippen LogP contribution in [0.2, 0.25) is 0 Å². The van der Waals surface area contributed by atoms with E-state index in [2.05, 4.69) is 20.7 Å². The summed E-state index contributed by atoms with van der Waals surface area (Å²) in [6.07, 6.45) is -0.250. The maximum Gasteiger partial charge on any atom is 0.422 e. The molecule has 1 aromatic rings. The lowest BCUT2D eigenvalue weighted by Gasteiger charge is -2.04. The lowest BCUT2D eigenvalue weighted by molar-refractivity contribution is -0.143. The van der Waals surface area contributed by atoms with Crippen molar-refractivity contribution in [3.05, 3.63) is 39.8 Å². The van der Waals surface area contributed by atoms with E-state index in [9.17, 15) is 4.79 Å². The van der Waals surface area contributed by atoms with Crippen molar-refractivity contribution in [3.8, 4) is 0 Å². The van der Waals surface area contributed by atoms with Gasteiger partial charge in [0.05, 0.1) is 11.7 Å². The minimum absolute atomic E-state index is 0.0961. The highest BCUT2D eigenvalue weighted by Gasteiger charge is 2.25. The van der Waals surface area contributed by atoms with Crippen LogP contribution in [0.4, 0.5) is 0 Å². The Morgan fingerprint density at radius 1 is 1.38 bits per heavy atom. The topological polar surface area (TPSA) is 62.7 Å². The van der Waals surface area contributed by atoms with Crippen LogP contribution < -0.4 is 0 Å². The first-order chi connectivity index (χ1) is 7.54. The van der Waals surface area contributed by atoms with Crippen molar-refractivity contribution in [2.75, 3.05) is 0 Å². The molecule has 16 heavy (non-hydrogen) atoms. The first-order valence-corrected chi connectivity index (χ1v) is 5.53. The number of nitrogens with zero attached hydrogens (tertiary/aromatic N) is 2. The number of carbonyl (C=O) groups is 1. The third-order valence-electron chi connectivity index (χ3n) is 1.75. The third-order valence-corrected chi connectivity index (χ3v) is 2.28. The molecule has 0 fully saturated rings. The molecule has 84 valence electrons. The standard InChI is InChI=1S/C11H11BrN2O2/c1-7(2)16-11(15)10(14-13)8-3-5-9(12)6-4-8/h3-7H,1-2H3. The molecule has 1 rings (SSSR count). The molecule has 5 heteroatoms. The van der Waals surface area contributed by atoms with Gasteiger partial charge in [0.1, 0.15) is 0 Å². The highest BCUT2D eigenvalue weighted by molar-refractivity contribution is 9.10. The fourth-order valence-electron chi connectivity index (χ4n) is 1.09. The van der Waals surface area contributed by atoms with Gasteiger partial charge in [0.2, 0.25) is 0 Å². The van der Waals surface area contributed by atoms with Crippen molar-refractivity contribution in [2.45, 2.75) is 20.0 Å². The van der Waals surface area contributed by atoms with E-state index >= 15 is 0 Å². The van der Waals surface area contributed by atoms with Gasteiger partial charge in [-0.2, -0.15) is 4.79 Å². The molecule has 0 unspecified atom stereocenters. The Labute approximate surface area is 102 Å². The Morgan fingerprint density at radius 2 is 1.94 bits per heavy atom. The molecular formula is C11H11BrN2O2. The van der Waals surface area contributed by atoms with Crippen molar-refractivity contribution >= 4 is 27.6 Å². The minimum Gasteiger partial charge on any atom is -0.454 e. The minimum atomic E-state index is -0.639. The molecule has 0 aliphatic carbocycles. The van der Waals surface area contributed by atoms with Crippen molar-refractivity contribution in [1.82, 2.24) is 0 Å². The summed E-state index contributed by atoms with van der Waals surface area (Å²) < 4.78 is 5.83. The molecule has 0 atom stereocenters. The second-order valence-corrected chi connectivity index (χ2v) is 4.33. The number of ether oxygens (including phenoxy) is 1. The largest absolute Gasteiger partial charge is 0.454 e. The summed E-state index contributed by atoms with van der Waals surface area (Å²) >= 11 is 3.28. The number of benzene rings is 1. The Kier molecular flexibility index (Phi) is 4.40. The predicted octanol–water partition coefficient (Wildman–Crippen LogP) is 2.42. The molecule has 0 radical (unpaired) electrons. The van der Waals surface area contributed by atoms with E-state index in [0.29, 0.717) is 5.56 Å². The number of carbonyl (C=O) groups excluding carboxylic acids is 1. The van der Waals surface area contributed by atoms with Gasteiger partial charge in [-0.05, 0) is 38.1 Å². The zero-order valence-corrected chi connectivity index (χ0v) is 10.6. The highest BCUT2D eigenvalue weighted by Crippen LogP contribution is 2.11. The van der Waals surface area contributed by atoms with Gasteiger partial charge in [0, 0.05) is 4.47 Å². The van der Waals surface area contributed by atoms with Crippen LogP contribution in [0.25, 0.3) is 5.53 Å². The summed E-state index contributed by atoms with van der Waals surface area (Å²) in [5.41, 5.74) is 9.22. The number of esters is 1. The van der Waals surface area contributed by atoms with E-state index in [0.717, 1.165) is 4.47 Å². The molecule has 0 aromatic heterocycles. The molecule has 0 saturated heterocycles. The Morgan fingerprint density at radius 3 is 2.38 bits per heavy atom. The maximum absolute atomic E-state index is 11.5. The van der Waals surface area contributed by atoms with Crippen LogP contribution >= 0.6 is 15.9 Å². The molecule has 0 saturated carbocycles. The lowest BCUT2D eigenvalue weighted by Crippen LogP contribution is -2.22. The summed E-state index contributed by atoms with van der Waals surface area (Å²) in [5, 5.41) is 0. The van der Waals surface area contributed by atoms with Gasteiger partial charge in [-0.1, -0.05) is 15.9 Å². The van der Waals surface area contributed by atoms with E-state index in [1.807, 2.05) is 0 Å². The van der Waals surface area contributed by atoms with Crippen LogP contribution in [0.3, 0.4) is 0 Å². The van der Waals surface area contributed by atoms with E-state index < -0.39 is 5.97 Å². The second-order valence-electron chi connectivity index (χ2n) is 3.41. The second kappa shape index (κ2) is 5.58. The lowest BCUT2D eigenvalue weighted by atomic mass is 10.1. The van der Waals surface area contributed by atoms with Gasteiger partial charge in [-0.3, -0.25) is 0 Å². The predicted molar refractivity (Wildman–Crippen MR) is 63.1 cm³/mol. The molecule has 1 aromatic carbocycles. The average Bonchev–Trinajstić information content (AvgIpc) is 2.21. The Bertz CT molecular complexity index is 434. The van der Waals surface area contributed by atoms with Crippen LogP contribution in [-0.4, -0.2) is 22.6 Å². The van der Waals surface area contributed by atoms with Crippen molar-refractivity contribution < 1.29 is 14.3 Å². The molecule has 0 spiro atoms. The molecule has 4 nitrogen and oxygen atoms in total. The number of halogens is 1. The molecule has 0 heterocycles. The van der Waals surface area contributed by atoms with Crippen molar-refractivity contribution in [2.24, 2.45) is 0 Å². The Hall–Kier alpha value is -1.45. The van der Waals surface area contributed by atoms with Crippen LogP contribution in [-0.2, 0) is 9.53 Å². The van der Waals surface area contributed by atoms with Crippen molar-refractivity contribution in [3.63, 3.8) is 0 Å². The van der Waals surface area contributed by atoms with E-state index in [4.69, 9.17) is 10.3 Å². The van der Waals surface area contributed by atoms with Gasteiger partial charge in [0.25, 0.3) is 0 Å². The third kappa shape index (κ3) is 3.29. The fourth-order valence-corrected chi connectivity index (χ4v) is 1.36.